The maximum absolute atomic E-state index is 13.4. The van der Waals surface area contributed by atoms with Gasteiger partial charge in [-0.05, 0) is 24.3 Å². The first-order valence-electron chi connectivity index (χ1n) is 5.36. The molecule has 0 unspecified atom stereocenters. The van der Waals surface area contributed by atoms with E-state index in [1.165, 1.54) is 37.6 Å². The van der Waals surface area contributed by atoms with Gasteiger partial charge in [-0.1, -0.05) is 11.6 Å². The Labute approximate surface area is 114 Å². The monoisotopic (exact) mass is 280 g/mol. The molecule has 0 aliphatic carbocycles. The summed E-state index contributed by atoms with van der Waals surface area (Å²) in [5.41, 5.74) is 0.515. The topological polar surface area (TPSA) is 51.2 Å². The molecular weight excluding hydrogens is 271 g/mol. The lowest BCUT2D eigenvalue weighted by atomic mass is 10.2. The fourth-order valence-electron chi connectivity index (χ4n) is 1.45. The Morgan fingerprint density at radius 1 is 1.37 bits per heavy atom. The van der Waals surface area contributed by atoms with Crippen LogP contribution in [-0.4, -0.2) is 18.0 Å². The highest BCUT2D eigenvalue weighted by Gasteiger charge is 2.09. The summed E-state index contributed by atoms with van der Waals surface area (Å²) in [6.45, 7) is 0. The van der Waals surface area contributed by atoms with E-state index in [2.05, 4.69) is 10.3 Å². The van der Waals surface area contributed by atoms with Crippen LogP contribution in [0, 0.1) is 5.82 Å². The van der Waals surface area contributed by atoms with Gasteiger partial charge >= 0.3 is 0 Å². The minimum absolute atomic E-state index is 0.114. The molecule has 0 saturated heterocycles. The molecule has 0 radical (unpaired) electrons. The lowest BCUT2D eigenvalue weighted by molar-refractivity contribution is 0.102. The number of nitrogens with zero attached hydrogens (tertiary/aromatic N) is 1. The van der Waals surface area contributed by atoms with Gasteiger partial charge in [0.1, 0.15) is 5.69 Å². The second-order valence-electron chi connectivity index (χ2n) is 3.67. The van der Waals surface area contributed by atoms with Crippen molar-refractivity contribution in [2.75, 3.05) is 12.4 Å². The van der Waals surface area contributed by atoms with Crippen LogP contribution in [0.4, 0.5) is 10.1 Å². The molecule has 0 aliphatic rings. The molecule has 4 nitrogen and oxygen atoms in total. The number of carbonyl (C=O) groups is 1. The Bertz CT molecular complexity index is 602. The average molecular weight is 281 g/mol. The van der Waals surface area contributed by atoms with Gasteiger partial charge in [-0.15, -0.1) is 0 Å². The van der Waals surface area contributed by atoms with Gasteiger partial charge in [0.2, 0.25) is 0 Å². The molecule has 2 aromatic rings. The molecule has 2 rings (SSSR count). The second kappa shape index (κ2) is 5.67. The summed E-state index contributed by atoms with van der Waals surface area (Å²) in [6.07, 6.45) is 1.37. The van der Waals surface area contributed by atoms with Crippen molar-refractivity contribution in [2.45, 2.75) is 0 Å². The Hall–Kier alpha value is -2.14. The normalized spacial score (nSPS) is 10.1. The second-order valence-corrected chi connectivity index (χ2v) is 4.10. The van der Waals surface area contributed by atoms with Gasteiger partial charge in [0.05, 0.1) is 12.1 Å². The number of nitrogens with one attached hydrogen (secondary N) is 1. The van der Waals surface area contributed by atoms with Crippen molar-refractivity contribution in [1.29, 1.82) is 0 Å². The van der Waals surface area contributed by atoms with Gasteiger partial charge in [0.25, 0.3) is 5.91 Å². The fraction of sp³-hybridized carbons (Fsp3) is 0.0769. The van der Waals surface area contributed by atoms with E-state index in [0.29, 0.717) is 10.7 Å². The molecule has 1 N–H and O–H groups in total. The first-order chi connectivity index (χ1) is 9.10. The molecule has 1 heterocycles. The molecule has 0 spiro atoms. The minimum atomic E-state index is -0.552. The van der Waals surface area contributed by atoms with Crippen LogP contribution in [0.5, 0.6) is 5.75 Å². The Balaban J connectivity index is 2.14. The predicted molar refractivity (Wildman–Crippen MR) is 70.2 cm³/mol. The van der Waals surface area contributed by atoms with Crippen LogP contribution in [0.3, 0.4) is 0 Å². The quantitative estimate of drug-likeness (QED) is 0.940. The highest BCUT2D eigenvalue weighted by atomic mass is 35.5. The minimum Gasteiger partial charge on any atom is -0.494 e. The van der Waals surface area contributed by atoms with E-state index >= 15 is 0 Å². The molecule has 0 saturated carbocycles. The zero-order chi connectivity index (χ0) is 13.8. The number of carbonyl (C=O) groups excluding carboxylic acids is 1. The SMILES string of the molecule is COc1ccc(NC(=O)c2ccc(Cl)cn2)cc1F. The molecule has 0 fully saturated rings. The van der Waals surface area contributed by atoms with Crippen molar-refractivity contribution in [3.05, 3.63) is 53.1 Å². The van der Waals surface area contributed by atoms with Gasteiger partial charge in [-0.2, -0.15) is 0 Å². The van der Waals surface area contributed by atoms with Crippen molar-refractivity contribution in [3.8, 4) is 5.75 Å². The first-order valence-corrected chi connectivity index (χ1v) is 5.74. The zero-order valence-corrected chi connectivity index (χ0v) is 10.7. The summed E-state index contributed by atoms with van der Waals surface area (Å²) in [5, 5.41) is 2.97. The van der Waals surface area contributed by atoms with Crippen LogP contribution < -0.4 is 10.1 Å². The summed E-state index contributed by atoms with van der Waals surface area (Å²) in [4.78, 5) is 15.7. The third kappa shape index (κ3) is 3.20. The summed E-state index contributed by atoms with van der Waals surface area (Å²) in [7, 11) is 1.37. The molecule has 1 aromatic heterocycles. The number of ether oxygens (including phenoxy) is 1. The molecule has 6 heteroatoms. The number of methoxy groups -OCH3 is 1. The molecular formula is C13H10ClFN2O2. The third-order valence-corrected chi connectivity index (χ3v) is 2.59. The van der Waals surface area contributed by atoms with Crippen LogP contribution in [0.15, 0.2) is 36.5 Å². The summed E-state index contributed by atoms with van der Waals surface area (Å²) < 4.78 is 18.2. The smallest absolute Gasteiger partial charge is 0.274 e. The number of benzene rings is 1. The van der Waals surface area contributed by atoms with E-state index in [9.17, 15) is 9.18 Å². The van der Waals surface area contributed by atoms with Crippen LogP contribution in [0.2, 0.25) is 5.02 Å². The van der Waals surface area contributed by atoms with Crippen molar-refractivity contribution in [2.24, 2.45) is 0 Å². The first kappa shape index (κ1) is 13.3. The largest absolute Gasteiger partial charge is 0.494 e. The lowest BCUT2D eigenvalue weighted by Gasteiger charge is -2.07. The van der Waals surface area contributed by atoms with Gasteiger partial charge < -0.3 is 10.1 Å². The predicted octanol–water partition coefficient (Wildman–Crippen LogP) is 3.14. The van der Waals surface area contributed by atoms with Crippen molar-refractivity contribution in [3.63, 3.8) is 0 Å². The van der Waals surface area contributed by atoms with E-state index in [4.69, 9.17) is 16.3 Å². The molecule has 19 heavy (non-hydrogen) atoms. The zero-order valence-electron chi connectivity index (χ0n) is 9.98. The van der Waals surface area contributed by atoms with Gasteiger partial charge in [0.15, 0.2) is 11.6 Å². The van der Waals surface area contributed by atoms with E-state index < -0.39 is 11.7 Å². The van der Waals surface area contributed by atoms with Gasteiger partial charge in [0, 0.05) is 18.0 Å². The lowest BCUT2D eigenvalue weighted by Crippen LogP contribution is -2.13. The number of rotatable bonds is 3. The van der Waals surface area contributed by atoms with Crippen LogP contribution >= 0.6 is 11.6 Å². The van der Waals surface area contributed by atoms with Crippen LogP contribution in [-0.2, 0) is 0 Å². The summed E-state index contributed by atoms with van der Waals surface area (Å²) >= 11 is 5.67. The van der Waals surface area contributed by atoms with Crippen LogP contribution in [0.1, 0.15) is 10.5 Å². The summed E-state index contributed by atoms with van der Waals surface area (Å²) in [6, 6.07) is 7.18. The van der Waals surface area contributed by atoms with Crippen molar-refractivity contribution in [1.82, 2.24) is 4.98 Å². The Morgan fingerprint density at radius 3 is 2.74 bits per heavy atom. The Kier molecular flexibility index (Phi) is 3.97. The molecule has 1 aromatic carbocycles. The molecule has 1 amide bonds. The van der Waals surface area contributed by atoms with Gasteiger partial charge in [-0.25, -0.2) is 9.37 Å². The molecule has 0 atom stereocenters. The number of hydrogen-bond donors (Lipinski definition) is 1. The maximum atomic E-state index is 13.4. The third-order valence-electron chi connectivity index (χ3n) is 2.37. The van der Waals surface area contributed by atoms with Crippen LogP contribution in [0.25, 0.3) is 0 Å². The maximum Gasteiger partial charge on any atom is 0.274 e. The van der Waals surface area contributed by atoms with E-state index in [1.807, 2.05) is 0 Å². The number of anilines is 1. The molecule has 0 aliphatic heterocycles. The number of aromatic nitrogens is 1. The Morgan fingerprint density at radius 2 is 2.16 bits per heavy atom. The number of amides is 1. The van der Waals surface area contributed by atoms with Crippen molar-refractivity contribution < 1.29 is 13.9 Å². The number of pyridine rings is 1. The number of halogens is 2. The van der Waals surface area contributed by atoms with E-state index in [1.54, 1.807) is 6.07 Å². The average Bonchev–Trinajstić information content (AvgIpc) is 2.39. The highest BCUT2D eigenvalue weighted by molar-refractivity contribution is 6.30. The summed E-state index contributed by atoms with van der Waals surface area (Å²) in [5.74, 6) is -0.881. The van der Waals surface area contributed by atoms with E-state index in [0.717, 1.165) is 0 Å². The number of hydrogen-bond acceptors (Lipinski definition) is 3. The molecule has 0 bridgehead atoms. The fourth-order valence-corrected chi connectivity index (χ4v) is 1.56. The van der Waals surface area contributed by atoms with E-state index in [-0.39, 0.29) is 11.4 Å². The van der Waals surface area contributed by atoms with Gasteiger partial charge in [-0.3, -0.25) is 4.79 Å². The standard InChI is InChI=1S/C13H10ClFN2O2/c1-19-12-5-3-9(6-10(12)15)17-13(18)11-4-2-8(14)7-16-11/h2-7H,1H3,(H,17,18). The molecule has 98 valence electrons. The highest BCUT2D eigenvalue weighted by Crippen LogP contribution is 2.21. The van der Waals surface area contributed by atoms with Crippen molar-refractivity contribution >= 4 is 23.2 Å².